The van der Waals surface area contributed by atoms with Crippen molar-refractivity contribution in [3.8, 4) is 11.3 Å². The first-order chi connectivity index (χ1) is 10.8. The molecule has 0 aliphatic heterocycles. The van der Waals surface area contributed by atoms with Crippen molar-refractivity contribution in [1.29, 1.82) is 0 Å². The van der Waals surface area contributed by atoms with Gasteiger partial charge in [-0.25, -0.2) is 4.79 Å². The summed E-state index contributed by atoms with van der Waals surface area (Å²) in [7, 11) is 1.73. The predicted molar refractivity (Wildman–Crippen MR) is 80.3 cm³/mol. The van der Waals surface area contributed by atoms with Crippen LogP contribution in [0.15, 0.2) is 48.5 Å². The van der Waals surface area contributed by atoms with E-state index in [-0.39, 0.29) is 5.56 Å². The minimum absolute atomic E-state index is 0.138. The molecule has 0 radical (unpaired) electrons. The predicted octanol–water partition coefficient (Wildman–Crippen LogP) is 4.56. The van der Waals surface area contributed by atoms with Gasteiger partial charge in [-0.15, -0.1) is 0 Å². The van der Waals surface area contributed by atoms with Gasteiger partial charge in [0.1, 0.15) is 0 Å². The number of hydrogen-bond acceptors (Lipinski definition) is 1. The fourth-order valence-corrected chi connectivity index (χ4v) is 2.61. The summed E-state index contributed by atoms with van der Waals surface area (Å²) in [4.78, 5) is 11.0. The second-order valence-corrected chi connectivity index (χ2v) is 5.25. The Balaban J connectivity index is 2.17. The van der Waals surface area contributed by atoms with Crippen molar-refractivity contribution in [1.82, 2.24) is 4.57 Å². The molecule has 2 aromatic carbocycles. The van der Waals surface area contributed by atoms with Gasteiger partial charge >= 0.3 is 12.1 Å². The molecule has 0 aliphatic carbocycles. The number of fused-ring (bicyclic) bond motifs is 1. The summed E-state index contributed by atoms with van der Waals surface area (Å²) in [5.41, 5.74) is 1.19. The molecule has 0 aliphatic rings. The highest BCUT2D eigenvalue weighted by Gasteiger charge is 2.30. The second kappa shape index (κ2) is 5.15. The molecule has 0 amide bonds. The van der Waals surface area contributed by atoms with Crippen molar-refractivity contribution in [3.63, 3.8) is 0 Å². The number of nitrogens with zero attached hydrogens (tertiary/aromatic N) is 1. The molecule has 1 heterocycles. The lowest BCUT2D eigenvalue weighted by atomic mass is 10.1. The van der Waals surface area contributed by atoms with E-state index in [9.17, 15) is 18.0 Å². The van der Waals surface area contributed by atoms with Crippen LogP contribution in [0.4, 0.5) is 13.2 Å². The molecule has 0 fully saturated rings. The van der Waals surface area contributed by atoms with E-state index in [2.05, 4.69) is 0 Å². The summed E-state index contributed by atoms with van der Waals surface area (Å²) in [6, 6.07) is 11.4. The molecule has 3 nitrogen and oxygen atoms in total. The lowest BCUT2D eigenvalue weighted by Crippen LogP contribution is -2.04. The van der Waals surface area contributed by atoms with E-state index in [0.29, 0.717) is 16.6 Å². The summed E-state index contributed by atoms with van der Waals surface area (Å²) in [5, 5.41) is 9.70. The molecular formula is C17H12F3NO2. The van der Waals surface area contributed by atoms with Gasteiger partial charge in [-0.2, -0.15) is 13.2 Å². The molecular weight excluding hydrogens is 307 g/mol. The van der Waals surface area contributed by atoms with Crippen LogP contribution >= 0.6 is 0 Å². The summed E-state index contributed by atoms with van der Waals surface area (Å²) in [6.45, 7) is 0. The molecule has 0 saturated carbocycles. The second-order valence-electron chi connectivity index (χ2n) is 5.25. The number of rotatable bonds is 2. The van der Waals surface area contributed by atoms with E-state index in [4.69, 9.17) is 5.11 Å². The van der Waals surface area contributed by atoms with Crippen LogP contribution in [-0.4, -0.2) is 15.6 Å². The maximum absolute atomic E-state index is 12.9. The van der Waals surface area contributed by atoms with Gasteiger partial charge in [0.2, 0.25) is 0 Å². The summed E-state index contributed by atoms with van der Waals surface area (Å²) in [6.07, 6.45) is -4.41. The van der Waals surface area contributed by atoms with Crippen molar-refractivity contribution < 1.29 is 23.1 Å². The topological polar surface area (TPSA) is 42.2 Å². The van der Waals surface area contributed by atoms with Crippen molar-refractivity contribution in [2.75, 3.05) is 0 Å². The number of hydrogen-bond donors (Lipinski definition) is 1. The molecule has 0 spiro atoms. The first kappa shape index (κ1) is 15.1. The van der Waals surface area contributed by atoms with Crippen LogP contribution in [0.3, 0.4) is 0 Å². The van der Waals surface area contributed by atoms with Gasteiger partial charge in [0.15, 0.2) is 0 Å². The normalized spacial score (nSPS) is 11.8. The first-order valence-electron chi connectivity index (χ1n) is 6.78. The SMILES string of the molecule is Cn1c(-c2cccc(C(F)(F)F)c2)cc2cc(C(=O)O)ccc21. The number of halogens is 3. The van der Waals surface area contributed by atoms with Crippen LogP contribution in [0.25, 0.3) is 22.2 Å². The molecule has 3 rings (SSSR count). The van der Waals surface area contributed by atoms with Crippen molar-refractivity contribution in [2.45, 2.75) is 6.18 Å². The molecule has 3 aromatic rings. The molecule has 6 heteroatoms. The largest absolute Gasteiger partial charge is 0.478 e. The number of carboxylic acid groups (broad SMARTS) is 1. The Morgan fingerprint density at radius 3 is 2.48 bits per heavy atom. The Kier molecular flexibility index (Phi) is 3.39. The summed E-state index contributed by atoms with van der Waals surface area (Å²) < 4.78 is 40.3. The highest BCUT2D eigenvalue weighted by Crippen LogP contribution is 2.34. The monoisotopic (exact) mass is 319 g/mol. The molecule has 0 unspecified atom stereocenters. The number of alkyl halides is 3. The quantitative estimate of drug-likeness (QED) is 0.752. The maximum Gasteiger partial charge on any atom is 0.416 e. The average Bonchev–Trinajstić information content (AvgIpc) is 2.83. The lowest BCUT2D eigenvalue weighted by molar-refractivity contribution is -0.137. The van der Waals surface area contributed by atoms with Gasteiger partial charge in [-0.05, 0) is 42.0 Å². The van der Waals surface area contributed by atoms with E-state index < -0.39 is 17.7 Å². The Morgan fingerprint density at radius 1 is 1.09 bits per heavy atom. The fourth-order valence-electron chi connectivity index (χ4n) is 2.61. The third-order valence-electron chi connectivity index (χ3n) is 3.78. The maximum atomic E-state index is 12.9. The van der Waals surface area contributed by atoms with E-state index in [1.54, 1.807) is 29.8 Å². The minimum atomic E-state index is -4.41. The first-order valence-corrected chi connectivity index (χ1v) is 6.78. The Bertz CT molecular complexity index is 910. The zero-order valence-corrected chi connectivity index (χ0v) is 12.1. The number of benzene rings is 2. The zero-order chi connectivity index (χ0) is 16.8. The van der Waals surface area contributed by atoms with Crippen LogP contribution < -0.4 is 0 Å². The summed E-state index contributed by atoms with van der Waals surface area (Å²) >= 11 is 0. The number of aromatic carboxylic acids is 1. The smallest absolute Gasteiger partial charge is 0.416 e. The standard InChI is InChI=1S/C17H12F3NO2/c1-21-14-6-5-11(16(22)23)7-12(14)9-15(21)10-3-2-4-13(8-10)17(18,19)20/h2-9H,1H3,(H,22,23). The number of aryl methyl sites for hydroxylation is 1. The lowest BCUT2D eigenvalue weighted by Gasteiger charge is -2.09. The van der Waals surface area contributed by atoms with Crippen LogP contribution in [0.2, 0.25) is 0 Å². The van der Waals surface area contributed by atoms with Gasteiger partial charge in [0.25, 0.3) is 0 Å². The van der Waals surface area contributed by atoms with Gasteiger partial charge in [-0.3, -0.25) is 0 Å². The van der Waals surface area contributed by atoms with Crippen molar-refractivity contribution in [2.24, 2.45) is 7.05 Å². The molecule has 1 aromatic heterocycles. The summed E-state index contributed by atoms with van der Waals surface area (Å²) in [5.74, 6) is -1.05. The third-order valence-corrected chi connectivity index (χ3v) is 3.78. The van der Waals surface area contributed by atoms with E-state index >= 15 is 0 Å². The zero-order valence-electron chi connectivity index (χ0n) is 12.1. The Labute approximate surface area is 129 Å². The molecule has 0 atom stereocenters. The minimum Gasteiger partial charge on any atom is -0.478 e. The van der Waals surface area contributed by atoms with Gasteiger partial charge in [-0.1, -0.05) is 12.1 Å². The van der Waals surface area contributed by atoms with Crippen molar-refractivity contribution >= 4 is 16.9 Å². The van der Waals surface area contributed by atoms with Gasteiger partial charge in [0.05, 0.1) is 11.1 Å². The highest BCUT2D eigenvalue weighted by atomic mass is 19.4. The van der Waals surface area contributed by atoms with Crippen molar-refractivity contribution in [3.05, 3.63) is 59.7 Å². The Hall–Kier alpha value is -2.76. The van der Waals surface area contributed by atoms with E-state index in [1.165, 1.54) is 18.2 Å². The molecule has 118 valence electrons. The molecule has 1 N–H and O–H groups in total. The molecule has 0 saturated heterocycles. The van der Waals surface area contributed by atoms with Gasteiger partial charge < -0.3 is 9.67 Å². The van der Waals surface area contributed by atoms with Crippen LogP contribution in [-0.2, 0) is 13.2 Å². The van der Waals surface area contributed by atoms with Gasteiger partial charge in [0, 0.05) is 23.6 Å². The van der Waals surface area contributed by atoms with Crippen LogP contribution in [0.5, 0.6) is 0 Å². The molecule has 0 bridgehead atoms. The third kappa shape index (κ3) is 2.67. The molecule has 23 heavy (non-hydrogen) atoms. The number of carboxylic acids is 1. The average molecular weight is 319 g/mol. The van der Waals surface area contributed by atoms with E-state index in [0.717, 1.165) is 17.6 Å². The van der Waals surface area contributed by atoms with E-state index in [1.807, 2.05) is 0 Å². The van der Waals surface area contributed by atoms with Crippen LogP contribution in [0.1, 0.15) is 15.9 Å². The number of aromatic nitrogens is 1. The van der Waals surface area contributed by atoms with Crippen LogP contribution in [0, 0.1) is 0 Å². The highest BCUT2D eigenvalue weighted by molar-refractivity contribution is 5.95. The fraction of sp³-hybridized carbons (Fsp3) is 0.118. The number of carbonyl (C=O) groups is 1. The Morgan fingerprint density at radius 2 is 1.83 bits per heavy atom.